The van der Waals surface area contributed by atoms with Gasteiger partial charge in [0.05, 0.1) is 18.2 Å². The van der Waals surface area contributed by atoms with Crippen molar-refractivity contribution in [1.29, 1.82) is 0 Å². The van der Waals surface area contributed by atoms with E-state index < -0.39 is 17.7 Å². The number of aliphatic hydroxyl groups is 1. The molecule has 0 saturated carbocycles. The van der Waals surface area contributed by atoms with Crippen molar-refractivity contribution in [2.75, 3.05) is 11.5 Å². The van der Waals surface area contributed by atoms with Gasteiger partial charge in [-0.15, -0.1) is 10.2 Å². The number of amides is 1. The molecule has 232 valence electrons. The van der Waals surface area contributed by atoms with Crippen molar-refractivity contribution in [2.24, 2.45) is 0 Å². The zero-order valence-corrected chi connectivity index (χ0v) is 27.6. The highest BCUT2D eigenvalue weighted by atomic mass is 35.5. The van der Waals surface area contributed by atoms with E-state index in [1.807, 2.05) is 19.1 Å². The third-order valence-corrected chi connectivity index (χ3v) is 10.2. The topological polar surface area (TPSA) is 102 Å². The van der Waals surface area contributed by atoms with Crippen molar-refractivity contribution in [2.45, 2.75) is 55.3 Å². The molecule has 1 aromatic heterocycles. The summed E-state index contributed by atoms with van der Waals surface area (Å²) < 4.78 is 12.2. The SMILES string of the molecule is CCCCOc1ccc(C2/C(=C(\O)c3ccc4c(c3)CC(C)O4)C(=O)C(=O)N2c2nnc(SCc3ccc(Cl)cc3Cl)s2)cc1. The van der Waals surface area contributed by atoms with Crippen LogP contribution in [-0.4, -0.2) is 39.7 Å². The van der Waals surface area contributed by atoms with Crippen molar-refractivity contribution >= 4 is 68.9 Å². The van der Waals surface area contributed by atoms with E-state index in [1.165, 1.54) is 28.0 Å². The summed E-state index contributed by atoms with van der Waals surface area (Å²) in [6.07, 6.45) is 2.63. The number of rotatable bonds is 10. The molecule has 8 nitrogen and oxygen atoms in total. The molecule has 2 atom stereocenters. The molecule has 1 saturated heterocycles. The van der Waals surface area contributed by atoms with Gasteiger partial charge in [-0.25, -0.2) is 0 Å². The number of anilines is 1. The number of aliphatic hydroxyl groups excluding tert-OH is 1. The lowest BCUT2D eigenvalue weighted by Crippen LogP contribution is -2.29. The molecule has 12 heteroatoms. The number of hydrogen-bond acceptors (Lipinski definition) is 9. The Labute approximate surface area is 279 Å². The Kier molecular flexibility index (Phi) is 9.37. The van der Waals surface area contributed by atoms with E-state index in [1.54, 1.807) is 48.5 Å². The Hall–Kier alpha value is -3.57. The molecular formula is C33H29Cl2N3O5S2. The number of unbranched alkanes of at least 4 members (excludes halogenated alkanes) is 1. The number of hydrogen-bond donors (Lipinski definition) is 1. The minimum Gasteiger partial charge on any atom is -0.507 e. The van der Waals surface area contributed by atoms with Gasteiger partial charge in [-0.05, 0) is 72.5 Å². The molecule has 0 spiro atoms. The van der Waals surface area contributed by atoms with Gasteiger partial charge in [-0.1, -0.05) is 77.8 Å². The molecule has 45 heavy (non-hydrogen) atoms. The maximum Gasteiger partial charge on any atom is 0.301 e. The van der Waals surface area contributed by atoms with Crippen LogP contribution in [-0.2, 0) is 21.8 Å². The van der Waals surface area contributed by atoms with Crippen LogP contribution in [0.2, 0.25) is 10.0 Å². The fourth-order valence-electron chi connectivity index (χ4n) is 5.29. The zero-order chi connectivity index (χ0) is 31.7. The van der Waals surface area contributed by atoms with Crippen LogP contribution in [0.5, 0.6) is 11.5 Å². The molecule has 3 aromatic carbocycles. The first-order valence-electron chi connectivity index (χ1n) is 14.5. The number of thioether (sulfide) groups is 1. The fraction of sp³-hybridized carbons (Fsp3) is 0.273. The zero-order valence-electron chi connectivity index (χ0n) is 24.5. The highest BCUT2D eigenvalue weighted by Gasteiger charge is 2.48. The number of carbonyl (C=O) groups is 2. The van der Waals surface area contributed by atoms with Gasteiger partial charge >= 0.3 is 5.91 Å². The number of nitrogens with zero attached hydrogens (tertiary/aromatic N) is 3. The molecule has 0 aliphatic carbocycles. The average Bonchev–Trinajstić information content (AvgIpc) is 3.71. The van der Waals surface area contributed by atoms with Gasteiger partial charge in [0, 0.05) is 27.8 Å². The highest BCUT2D eigenvalue weighted by molar-refractivity contribution is 8.00. The first kappa shape index (κ1) is 31.4. The first-order chi connectivity index (χ1) is 21.7. The summed E-state index contributed by atoms with van der Waals surface area (Å²) in [7, 11) is 0. The standard InChI is InChI=1S/C33H29Cl2N3O5S2/c1-3-4-13-42-24-10-6-19(7-11-24)28-27(29(39)20-8-12-26-22(15-20)14-18(2)43-26)30(40)31(41)38(28)32-36-37-33(45-32)44-17-21-5-9-23(34)16-25(21)35/h5-12,15-16,18,28,39H,3-4,13-14,17H2,1-2H3/b29-27+. The van der Waals surface area contributed by atoms with Crippen LogP contribution in [0.15, 0.2) is 70.6 Å². The van der Waals surface area contributed by atoms with Crippen LogP contribution in [0.4, 0.5) is 5.13 Å². The third-order valence-electron chi connectivity index (χ3n) is 7.54. The van der Waals surface area contributed by atoms with E-state index in [0.29, 0.717) is 50.0 Å². The molecular weight excluding hydrogens is 653 g/mol. The monoisotopic (exact) mass is 681 g/mol. The largest absolute Gasteiger partial charge is 0.507 e. The summed E-state index contributed by atoms with van der Waals surface area (Å²) >= 11 is 15.0. The van der Waals surface area contributed by atoms with Gasteiger partial charge in [0.2, 0.25) is 5.13 Å². The molecule has 1 fully saturated rings. The predicted octanol–water partition coefficient (Wildman–Crippen LogP) is 8.27. The lowest BCUT2D eigenvalue weighted by Gasteiger charge is -2.22. The maximum atomic E-state index is 13.7. The fourth-order valence-corrected chi connectivity index (χ4v) is 7.71. The molecule has 2 aliphatic rings. The maximum absolute atomic E-state index is 13.7. The third kappa shape index (κ3) is 6.56. The molecule has 4 aromatic rings. The first-order valence-corrected chi connectivity index (χ1v) is 17.0. The van der Waals surface area contributed by atoms with Gasteiger partial charge in [-0.3, -0.25) is 14.5 Å². The summed E-state index contributed by atoms with van der Waals surface area (Å²) in [5.41, 5.74) is 2.83. The predicted molar refractivity (Wildman–Crippen MR) is 178 cm³/mol. The molecule has 3 heterocycles. The van der Waals surface area contributed by atoms with Crippen molar-refractivity contribution in [1.82, 2.24) is 10.2 Å². The van der Waals surface area contributed by atoms with Crippen molar-refractivity contribution < 1.29 is 24.2 Å². The van der Waals surface area contributed by atoms with E-state index in [2.05, 4.69) is 17.1 Å². The van der Waals surface area contributed by atoms with Crippen LogP contribution in [0.25, 0.3) is 5.76 Å². The van der Waals surface area contributed by atoms with Gasteiger partial charge in [0.1, 0.15) is 23.4 Å². The van der Waals surface area contributed by atoms with Crippen LogP contribution in [0, 0.1) is 0 Å². The number of Topliss-reactive ketones (excluding diaryl/α,β-unsaturated/α-hetero) is 1. The van der Waals surface area contributed by atoms with Crippen molar-refractivity contribution in [3.05, 3.63) is 98.5 Å². The summed E-state index contributed by atoms with van der Waals surface area (Å²) in [6, 6.07) is 16.9. The number of carbonyl (C=O) groups excluding carboxylic acids is 2. The lowest BCUT2D eigenvalue weighted by molar-refractivity contribution is -0.132. The van der Waals surface area contributed by atoms with Crippen molar-refractivity contribution in [3.8, 4) is 11.5 Å². The molecule has 1 amide bonds. The second kappa shape index (κ2) is 13.4. The Morgan fingerprint density at radius 2 is 1.91 bits per heavy atom. The van der Waals surface area contributed by atoms with Crippen LogP contribution >= 0.6 is 46.3 Å². The van der Waals surface area contributed by atoms with Crippen LogP contribution in [0.1, 0.15) is 55.0 Å². The van der Waals surface area contributed by atoms with E-state index in [-0.39, 0.29) is 22.6 Å². The Balaban J connectivity index is 1.36. The van der Waals surface area contributed by atoms with Gasteiger partial charge in [-0.2, -0.15) is 0 Å². The molecule has 2 aliphatic heterocycles. The molecule has 0 radical (unpaired) electrons. The van der Waals surface area contributed by atoms with E-state index in [0.717, 1.165) is 29.7 Å². The number of fused-ring (bicyclic) bond motifs is 1. The normalized spacial score (nSPS) is 18.7. The Morgan fingerprint density at radius 3 is 2.67 bits per heavy atom. The molecule has 0 bridgehead atoms. The smallest absolute Gasteiger partial charge is 0.301 e. The quantitative estimate of drug-likeness (QED) is 0.0446. The average molecular weight is 683 g/mol. The second-order valence-corrected chi connectivity index (χ2v) is 13.8. The highest BCUT2D eigenvalue weighted by Crippen LogP contribution is 2.45. The van der Waals surface area contributed by atoms with Crippen molar-refractivity contribution in [3.63, 3.8) is 0 Å². The van der Waals surface area contributed by atoms with E-state index in [4.69, 9.17) is 32.7 Å². The molecule has 6 rings (SSSR count). The minimum atomic E-state index is -0.936. The van der Waals surface area contributed by atoms with E-state index >= 15 is 0 Å². The Bertz CT molecular complexity index is 1790. The second-order valence-electron chi connectivity index (χ2n) is 10.8. The van der Waals surface area contributed by atoms with Crippen LogP contribution in [0.3, 0.4) is 0 Å². The van der Waals surface area contributed by atoms with Gasteiger partial charge < -0.3 is 14.6 Å². The molecule has 1 N–H and O–H groups in total. The number of benzene rings is 3. The number of halogens is 2. The Morgan fingerprint density at radius 1 is 1.11 bits per heavy atom. The summed E-state index contributed by atoms with van der Waals surface area (Å²) in [5, 5.41) is 21.5. The van der Waals surface area contributed by atoms with Gasteiger partial charge in [0.25, 0.3) is 5.78 Å². The summed E-state index contributed by atoms with van der Waals surface area (Å²) in [5.74, 6) is 0.0657. The number of ketones is 1. The number of ether oxygens (including phenoxy) is 2. The summed E-state index contributed by atoms with van der Waals surface area (Å²) in [4.78, 5) is 28.6. The van der Waals surface area contributed by atoms with Crippen LogP contribution < -0.4 is 14.4 Å². The summed E-state index contributed by atoms with van der Waals surface area (Å²) in [6.45, 7) is 4.65. The van der Waals surface area contributed by atoms with E-state index in [9.17, 15) is 14.7 Å². The number of aromatic nitrogens is 2. The van der Waals surface area contributed by atoms with Gasteiger partial charge in [0.15, 0.2) is 4.34 Å². The minimum absolute atomic E-state index is 0.0150. The molecule has 2 unspecified atom stereocenters. The lowest BCUT2D eigenvalue weighted by atomic mass is 9.94.